The van der Waals surface area contributed by atoms with Crippen LogP contribution in [-0.4, -0.2) is 17.7 Å². The number of ether oxygens (including phenoxy) is 1. The van der Waals surface area contributed by atoms with E-state index in [0.717, 1.165) is 66.9 Å². The molecule has 3 nitrogen and oxygen atoms in total. The molecule has 35 heavy (non-hydrogen) atoms. The Kier molecular flexibility index (Phi) is 10.2. The van der Waals surface area contributed by atoms with Gasteiger partial charge in [0.25, 0.3) is 6.08 Å². The largest absolute Gasteiger partial charge is 0.457 e. The van der Waals surface area contributed by atoms with Crippen molar-refractivity contribution in [2.75, 3.05) is 6.61 Å². The highest BCUT2D eigenvalue weighted by Gasteiger charge is 2.22. The number of carbonyl (C=O) groups excluding carboxylic acids is 1. The van der Waals surface area contributed by atoms with Gasteiger partial charge in [-0.05, 0) is 110 Å². The fourth-order valence-electron chi connectivity index (χ4n) is 4.88. The van der Waals surface area contributed by atoms with E-state index < -0.39 is 12.0 Å². The summed E-state index contributed by atoms with van der Waals surface area (Å²) < 4.78 is 29.9. The number of esters is 1. The van der Waals surface area contributed by atoms with E-state index in [2.05, 4.69) is 43.0 Å². The molecule has 0 radical (unpaired) electrons. The normalized spacial score (nSPS) is 17.6. The van der Waals surface area contributed by atoms with E-state index in [1.165, 1.54) is 5.56 Å². The summed E-state index contributed by atoms with van der Waals surface area (Å²) in [4.78, 5) is 11.9. The molecule has 0 saturated heterocycles. The van der Waals surface area contributed by atoms with Crippen LogP contribution in [0.2, 0.25) is 0 Å². The molecule has 1 N–H and O–H groups in total. The maximum absolute atomic E-state index is 12.2. The van der Waals surface area contributed by atoms with Crippen molar-refractivity contribution in [3.05, 3.63) is 83.5 Å². The molecule has 0 unspecified atom stereocenters. The summed E-state index contributed by atoms with van der Waals surface area (Å²) in [6.07, 6.45) is 6.55. The second-order valence-corrected chi connectivity index (χ2v) is 9.58. The van der Waals surface area contributed by atoms with Gasteiger partial charge in [-0.25, -0.2) is 4.79 Å². The molecule has 0 aromatic heterocycles. The third-order valence-electron chi connectivity index (χ3n) is 6.95. The minimum Gasteiger partial charge on any atom is -0.457 e. The Morgan fingerprint density at radius 3 is 2.37 bits per heavy atom. The molecule has 2 aromatic carbocycles. The molecule has 5 heteroatoms. The maximum atomic E-state index is 12.2. The smallest absolute Gasteiger partial charge is 0.333 e. The average Bonchev–Trinajstić information content (AvgIpc) is 2.86. The number of rotatable bonds is 11. The highest BCUT2D eigenvalue weighted by molar-refractivity contribution is 5.86. The van der Waals surface area contributed by atoms with Crippen molar-refractivity contribution in [2.24, 2.45) is 5.92 Å². The van der Waals surface area contributed by atoms with E-state index in [1.807, 2.05) is 6.07 Å². The summed E-state index contributed by atoms with van der Waals surface area (Å²) in [5.74, 6) is 0.656. The number of aliphatic hydroxyl groups excluding tert-OH is 1. The van der Waals surface area contributed by atoms with Gasteiger partial charge in [0, 0.05) is 12.2 Å². The SMILES string of the molecule is C=C(C)C(=O)OCc1cc(-c2ccc(C3CCC(CCC=C(F)F)CC3)cc2)ccc1CCCO. The van der Waals surface area contributed by atoms with Crippen molar-refractivity contribution in [1.82, 2.24) is 0 Å². The summed E-state index contributed by atoms with van der Waals surface area (Å²) >= 11 is 0. The number of carbonyl (C=O) groups is 1. The zero-order chi connectivity index (χ0) is 25.2. The summed E-state index contributed by atoms with van der Waals surface area (Å²) in [6, 6.07) is 14.9. The number of aliphatic hydroxyl groups is 1. The Balaban J connectivity index is 1.65. The number of allylic oxidation sites excluding steroid dienone is 1. The average molecular weight is 483 g/mol. The highest BCUT2D eigenvalue weighted by Crippen LogP contribution is 2.38. The second-order valence-electron chi connectivity index (χ2n) is 9.58. The predicted molar refractivity (Wildman–Crippen MR) is 136 cm³/mol. The van der Waals surface area contributed by atoms with E-state index in [-0.39, 0.29) is 13.2 Å². The van der Waals surface area contributed by atoms with E-state index in [1.54, 1.807) is 6.92 Å². The van der Waals surface area contributed by atoms with Gasteiger partial charge in [0.15, 0.2) is 0 Å². The molecule has 1 fully saturated rings. The van der Waals surface area contributed by atoms with Crippen LogP contribution in [0.4, 0.5) is 8.78 Å². The van der Waals surface area contributed by atoms with Crippen molar-refractivity contribution >= 4 is 5.97 Å². The Morgan fingerprint density at radius 2 is 1.74 bits per heavy atom. The molecule has 1 aliphatic rings. The third kappa shape index (κ3) is 8.14. The maximum Gasteiger partial charge on any atom is 0.333 e. The van der Waals surface area contributed by atoms with E-state index in [0.29, 0.717) is 30.3 Å². The van der Waals surface area contributed by atoms with Gasteiger partial charge in [0.2, 0.25) is 0 Å². The van der Waals surface area contributed by atoms with Crippen LogP contribution in [0.25, 0.3) is 11.1 Å². The number of halogens is 2. The molecule has 1 saturated carbocycles. The van der Waals surface area contributed by atoms with Crippen LogP contribution in [0, 0.1) is 5.92 Å². The van der Waals surface area contributed by atoms with Gasteiger partial charge in [0.05, 0.1) is 0 Å². The summed E-state index contributed by atoms with van der Waals surface area (Å²) in [7, 11) is 0. The van der Waals surface area contributed by atoms with Crippen LogP contribution in [0.5, 0.6) is 0 Å². The predicted octanol–water partition coefficient (Wildman–Crippen LogP) is 7.73. The van der Waals surface area contributed by atoms with Crippen molar-refractivity contribution in [2.45, 2.75) is 70.8 Å². The lowest BCUT2D eigenvalue weighted by Gasteiger charge is -2.28. The molecular weight excluding hydrogens is 446 g/mol. The molecular formula is C30H36F2O3. The quantitative estimate of drug-likeness (QED) is 0.263. The highest BCUT2D eigenvalue weighted by atomic mass is 19.3. The van der Waals surface area contributed by atoms with E-state index >= 15 is 0 Å². The molecule has 0 atom stereocenters. The molecule has 0 bridgehead atoms. The lowest BCUT2D eigenvalue weighted by Crippen LogP contribution is -2.13. The van der Waals surface area contributed by atoms with Crippen molar-refractivity contribution in [1.29, 1.82) is 0 Å². The number of hydrogen-bond acceptors (Lipinski definition) is 3. The molecule has 0 heterocycles. The molecule has 3 rings (SSSR count). The molecule has 188 valence electrons. The zero-order valence-corrected chi connectivity index (χ0v) is 20.6. The first-order valence-corrected chi connectivity index (χ1v) is 12.5. The minimum absolute atomic E-state index is 0.114. The summed E-state index contributed by atoms with van der Waals surface area (Å²) in [5, 5.41) is 9.22. The third-order valence-corrected chi connectivity index (χ3v) is 6.95. The Labute approximate surface area is 207 Å². The Bertz CT molecular complexity index is 1010. The topological polar surface area (TPSA) is 46.5 Å². The van der Waals surface area contributed by atoms with Gasteiger partial charge < -0.3 is 9.84 Å². The molecule has 0 aliphatic heterocycles. The monoisotopic (exact) mass is 482 g/mol. The van der Waals surface area contributed by atoms with Crippen LogP contribution >= 0.6 is 0 Å². The Morgan fingerprint density at radius 1 is 1.06 bits per heavy atom. The zero-order valence-electron chi connectivity index (χ0n) is 20.6. The van der Waals surface area contributed by atoms with Gasteiger partial charge in [0.1, 0.15) is 6.61 Å². The molecule has 2 aromatic rings. The van der Waals surface area contributed by atoms with Crippen LogP contribution in [0.15, 0.2) is 66.8 Å². The first kappa shape index (κ1) is 26.8. The van der Waals surface area contributed by atoms with Crippen LogP contribution in [-0.2, 0) is 22.6 Å². The second kappa shape index (κ2) is 13.3. The fraction of sp³-hybridized carbons (Fsp3) is 0.433. The molecule has 0 spiro atoms. The van der Waals surface area contributed by atoms with Crippen molar-refractivity contribution < 1.29 is 23.4 Å². The van der Waals surface area contributed by atoms with E-state index in [4.69, 9.17) is 4.74 Å². The standard InChI is InChI=1S/C30H36F2O3/c1-21(2)30(34)35-20-28-19-27(17-16-23(28)6-4-18-33)26-14-12-25(13-15-26)24-10-8-22(9-11-24)5-3-7-29(31)32/h7,12-17,19,22,24,33H,1,3-6,8-11,18,20H2,2H3. The Hall–Kier alpha value is -2.79. The lowest BCUT2D eigenvalue weighted by molar-refractivity contribution is -0.140. The van der Waals surface area contributed by atoms with Gasteiger partial charge in [-0.1, -0.05) is 43.0 Å². The van der Waals surface area contributed by atoms with Crippen LogP contribution < -0.4 is 0 Å². The minimum atomic E-state index is -1.57. The first-order valence-electron chi connectivity index (χ1n) is 12.5. The first-order chi connectivity index (χ1) is 16.9. The van der Waals surface area contributed by atoms with Gasteiger partial charge in [-0.2, -0.15) is 8.78 Å². The van der Waals surface area contributed by atoms with Gasteiger partial charge >= 0.3 is 5.97 Å². The number of benzene rings is 2. The summed E-state index contributed by atoms with van der Waals surface area (Å²) in [6.45, 7) is 5.56. The van der Waals surface area contributed by atoms with Crippen LogP contribution in [0.1, 0.15) is 74.5 Å². The van der Waals surface area contributed by atoms with Crippen LogP contribution in [0.3, 0.4) is 0 Å². The lowest BCUT2D eigenvalue weighted by atomic mass is 9.77. The number of aryl methyl sites for hydroxylation is 1. The number of hydrogen-bond donors (Lipinski definition) is 1. The van der Waals surface area contributed by atoms with Gasteiger partial charge in [-0.15, -0.1) is 0 Å². The van der Waals surface area contributed by atoms with E-state index in [9.17, 15) is 18.7 Å². The molecule has 1 aliphatic carbocycles. The van der Waals surface area contributed by atoms with Crippen molar-refractivity contribution in [3.63, 3.8) is 0 Å². The molecule has 0 amide bonds. The fourth-order valence-corrected chi connectivity index (χ4v) is 4.88. The summed E-state index contributed by atoms with van der Waals surface area (Å²) in [5.41, 5.74) is 5.86. The van der Waals surface area contributed by atoms with Crippen molar-refractivity contribution in [3.8, 4) is 11.1 Å². The van der Waals surface area contributed by atoms with Gasteiger partial charge in [-0.3, -0.25) is 0 Å².